The van der Waals surface area contributed by atoms with Crippen molar-refractivity contribution in [3.63, 3.8) is 0 Å². The third kappa shape index (κ3) is 2.70. The van der Waals surface area contributed by atoms with Crippen LogP contribution in [0.1, 0.15) is 11.6 Å². The van der Waals surface area contributed by atoms with Crippen LogP contribution >= 0.6 is 0 Å². The molecule has 0 bridgehead atoms. The molecule has 0 saturated heterocycles. The normalized spacial score (nSPS) is 12.0. The van der Waals surface area contributed by atoms with Gasteiger partial charge in [0.05, 0.1) is 7.11 Å². The zero-order valence-corrected chi connectivity index (χ0v) is 9.23. The number of hydrogen-bond donors (Lipinski definition) is 1. The highest BCUT2D eigenvalue weighted by molar-refractivity contribution is 5.82. The number of methoxy groups -OCH3 is 1. The van der Waals surface area contributed by atoms with Crippen molar-refractivity contribution < 1.29 is 9.53 Å². The van der Waals surface area contributed by atoms with Crippen LogP contribution in [0.2, 0.25) is 0 Å². The first-order valence-electron chi connectivity index (χ1n) is 4.67. The number of ether oxygens (including phenoxy) is 1. The van der Waals surface area contributed by atoms with E-state index >= 15 is 0 Å². The van der Waals surface area contributed by atoms with E-state index in [4.69, 9.17) is 10.5 Å². The summed E-state index contributed by atoms with van der Waals surface area (Å²) in [5, 5.41) is 0. The Hall–Kier alpha value is -1.55. The summed E-state index contributed by atoms with van der Waals surface area (Å²) in [7, 11) is 4.97. The van der Waals surface area contributed by atoms with Crippen LogP contribution < -0.4 is 10.5 Å². The van der Waals surface area contributed by atoms with Gasteiger partial charge in [0.2, 0.25) is 5.91 Å². The minimum atomic E-state index is -0.606. The molecule has 4 nitrogen and oxygen atoms in total. The van der Waals surface area contributed by atoms with Gasteiger partial charge in [0.15, 0.2) is 0 Å². The summed E-state index contributed by atoms with van der Waals surface area (Å²) < 4.78 is 5.02. The molecular weight excluding hydrogens is 192 g/mol. The Labute approximate surface area is 89.6 Å². The number of carbonyl (C=O) groups is 1. The summed E-state index contributed by atoms with van der Waals surface area (Å²) in [6.45, 7) is 0. The minimum Gasteiger partial charge on any atom is -0.497 e. The van der Waals surface area contributed by atoms with Crippen LogP contribution in [-0.4, -0.2) is 32.0 Å². The van der Waals surface area contributed by atoms with E-state index in [1.807, 2.05) is 0 Å². The fourth-order valence-electron chi connectivity index (χ4n) is 1.23. The summed E-state index contributed by atoms with van der Waals surface area (Å²) in [6.07, 6.45) is 0. The van der Waals surface area contributed by atoms with Crippen LogP contribution in [-0.2, 0) is 4.79 Å². The predicted octanol–water partition coefficient (Wildman–Crippen LogP) is 0.783. The van der Waals surface area contributed by atoms with E-state index in [2.05, 4.69) is 0 Å². The van der Waals surface area contributed by atoms with E-state index in [0.29, 0.717) is 0 Å². The molecule has 1 rings (SSSR count). The first-order chi connectivity index (χ1) is 7.06. The van der Waals surface area contributed by atoms with Crippen molar-refractivity contribution in [3.05, 3.63) is 29.8 Å². The second kappa shape index (κ2) is 4.79. The molecule has 0 aliphatic carbocycles. The lowest BCUT2D eigenvalue weighted by Gasteiger charge is -2.17. The third-order valence-corrected chi connectivity index (χ3v) is 2.18. The number of likely N-dealkylation sites (N-methyl/N-ethyl adjacent to an activating group) is 1. The van der Waals surface area contributed by atoms with Gasteiger partial charge in [0, 0.05) is 14.1 Å². The molecule has 15 heavy (non-hydrogen) atoms. The minimum absolute atomic E-state index is 0.111. The van der Waals surface area contributed by atoms with Crippen molar-refractivity contribution in [2.24, 2.45) is 5.73 Å². The average molecular weight is 208 g/mol. The van der Waals surface area contributed by atoms with Gasteiger partial charge in [-0.2, -0.15) is 0 Å². The molecule has 0 radical (unpaired) electrons. The summed E-state index contributed by atoms with van der Waals surface area (Å²) >= 11 is 0. The first-order valence-corrected chi connectivity index (χ1v) is 4.67. The van der Waals surface area contributed by atoms with Gasteiger partial charge >= 0.3 is 0 Å². The van der Waals surface area contributed by atoms with Crippen molar-refractivity contribution in [2.75, 3.05) is 21.2 Å². The Balaban J connectivity index is 2.82. The fraction of sp³-hybridized carbons (Fsp3) is 0.364. The molecule has 0 fully saturated rings. The molecule has 0 saturated carbocycles. The number of benzene rings is 1. The van der Waals surface area contributed by atoms with E-state index in [1.54, 1.807) is 45.5 Å². The number of rotatable bonds is 3. The molecule has 1 atom stereocenters. The van der Waals surface area contributed by atoms with Crippen LogP contribution in [0.3, 0.4) is 0 Å². The van der Waals surface area contributed by atoms with E-state index in [-0.39, 0.29) is 5.91 Å². The Morgan fingerprint density at radius 1 is 1.33 bits per heavy atom. The molecule has 1 amide bonds. The van der Waals surface area contributed by atoms with Crippen molar-refractivity contribution >= 4 is 5.91 Å². The van der Waals surface area contributed by atoms with Crippen molar-refractivity contribution in [2.45, 2.75) is 6.04 Å². The monoisotopic (exact) mass is 208 g/mol. The second-order valence-corrected chi connectivity index (χ2v) is 3.48. The highest BCUT2D eigenvalue weighted by Crippen LogP contribution is 2.16. The van der Waals surface area contributed by atoms with Gasteiger partial charge in [-0.25, -0.2) is 0 Å². The Kier molecular flexibility index (Phi) is 3.68. The molecule has 0 aromatic heterocycles. The van der Waals surface area contributed by atoms with Crippen LogP contribution in [0.5, 0.6) is 5.75 Å². The van der Waals surface area contributed by atoms with Gasteiger partial charge < -0.3 is 15.4 Å². The largest absolute Gasteiger partial charge is 0.497 e. The SMILES string of the molecule is COc1ccc([C@H](N)C(=O)N(C)C)cc1. The Bertz CT molecular complexity index is 333. The molecule has 0 unspecified atom stereocenters. The third-order valence-electron chi connectivity index (χ3n) is 2.18. The fourth-order valence-corrected chi connectivity index (χ4v) is 1.23. The molecular formula is C11H16N2O2. The number of nitrogens with zero attached hydrogens (tertiary/aromatic N) is 1. The summed E-state index contributed by atoms with van der Waals surface area (Å²) in [6, 6.07) is 6.57. The summed E-state index contributed by atoms with van der Waals surface area (Å²) in [5.74, 6) is 0.642. The van der Waals surface area contributed by atoms with Crippen LogP contribution in [0.15, 0.2) is 24.3 Å². The van der Waals surface area contributed by atoms with Gasteiger partial charge in [-0.15, -0.1) is 0 Å². The molecule has 82 valence electrons. The topological polar surface area (TPSA) is 55.6 Å². The molecule has 2 N–H and O–H groups in total. The van der Waals surface area contributed by atoms with Crippen molar-refractivity contribution in [1.29, 1.82) is 0 Å². The Morgan fingerprint density at radius 2 is 1.87 bits per heavy atom. The molecule has 0 spiro atoms. The molecule has 0 aliphatic heterocycles. The van der Waals surface area contributed by atoms with Crippen LogP contribution in [0.4, 0.5) is 0 Å². The van der Waals surface area contributed by atoms with Crippen LogP contribution in [0, 0.1) is 0 Å². The highest BCUT2D eigenvalue weighted by Gasteiger charge is 2.17. The maximum absolute atomic E-state index is 11.6. The molecule has 4 heteroatoms. The van der Waals surface area contributed by atoms with E-state index in [9.17, 15) is 4.79 Å². The first kappa shape index (κ1) is 11.5. The van der Waals surface area contributed by atoms with Gasteiger partial charge in [0.25, 0.3) is 0 Å². The summed E-state index contributed by atoms with van der Waals surface area (Å²) in [5.41, 5.74) is 6.59. The lowest BCUT2D eigenvalue weighted by Crippen LogP contribution is -2.33. The van der Waals surface area contributed by atoms with E-state index in [0.717, 1.165) is 11.3 Å². The van der Waals surface area contributed by atoms with Gasteiger partial charge in [-0.05, 0) is 17.7 Å². The number of hydrogen-bond acceptors (Lipinski definition) is 3. The molecule has 1 aromatic carbocycles. The highest BCUT2D eigenvalue weighted by atomic mass is 16.5. The number of nitrogens with two attached hydrogens (primary N) is 1. The van der Waals surface area contributed by atoms with Crippen molar-refractivity contribution in [3.8, 4) is 5.75 Å². The summed E-state index contributed by atoms with van der Waals surface area (Å²) in [4.78, 5) is 13.0. The van der Waals surface area contributed by atoms with Gasteiger partial charge in [-0.3, -0.25) is 4.79 Å². The zero-order chi connectivity index (χ0) is 11.4. The number of amides is 1. The standard InChI is InChI=1S/C11H16N2O2/c1-13(2)11(14)10(12)8-4-6-9(15-3)7-5-8/h4-7,10H,12H2,1-3H3/t10-/m0/s1. The zero-order valence-electron chi connectivity index (χ0n) is 9.23. The lowest BCUT2D eigenvalue weighted by atomic mass is 10.1. The van der Waals surface area contributed by atoms with E-state index in [1.165, 1.54) is 4.90 Å². The Morgan fingerprint density at radius 3 is 2.27 bits per heavy atom. The van der Waals surface area contributed by atoms with Gasteiger partial charge in [0.1, 0.15) is 11.8 Å². The number of carbonyl (C=O) groups excluding carboxylic acids is 1. The van der Waals surface area contributed by atoms with Gasteiger partial charge in [-0.1, -0.05) is 12.1 Å². The molecule has 0 heterocycles. The quantitative estimate of drug-likeness (QED) is 0.798. The maximum Gasteiger partial charge on any atom is 0.243 e. The average Bonchev–Trinajstić information content (AvgIpc) is 2.27. The predicted molar refractivity (Wildman–Crippen MR) is 58.6 cm³/mol. The maximum atomic E-state index is 11.6. The lowest BCUT2D eigenvalue weighted by molar-refractivity contribution is -0.130. The molecule has 0 aliphatic rings. The second-order valence-electron chi connectivity index (χ2n) is 3.48. The van der Waals surface area contributed by atoms with Crippen molar-refractivity contribution in [1.82, 2.24) is 4.90 Å². The van der Waals surface area contributed by atoms with E-state index < -0.39 is 6.04 Å². The molecule has 1 aromatic rings. The van der Waals surface area contributed by atoms with Crippen LogP contribution in [0.25, 0.3) is 0 Å². The smallest absolute Gasteiger partial charge is 0.243 e.